The highest BCUT2D eigenvalue weighted by atomic mass is 16.5. The van der Waals surface area contributed by atoms with Crippen molar-refractivity contribution in [3.05, 3.63) is 35.0 Å². The number of ether oxygens (including phenoxy) is 1. The largest absolute Gasteiger partial charge is 0.496 e. The highest BCUT2D eigenvalue weighted by Crippen LogP contribution is 2.36. The van der Waals surface area contributed by atoms with E-state index in [0.29, 0.717) is 17.3 Å². The van der Waals surface area contributed by atoms with Crippen molar-refractivity contribution in [1.29, 1.82) is 5.26 Å². The molecule has 0 spiro atoms. The lowest BCUT2D eigenvalue weighted by atomic mass is 9.92. The number of nitrogens with one attached hydrogen (secondary N) is 1. The van der Waals surface area contributed by atoms with E-state index in [0.717, 1.165) is 28.0 Å². The Morgan fingerprint density at radius 2 is 2.00 bits per heavy atom. The maximum absolute atomic E-state index is 9.24. The summed E-state index contributed by atoms with van der Waals surface area (Å²) >= 11 is 0. The molecule has 2 aromatic rings. The third-order valence-corrected chi connectivity index (χ3v) is 3.51. The number of nitriles is 1. The summed E-state index contributed by atoms with van der Waals surface area (Å²) in [6.07, 6.45) is 1.78. The van der Waals surface area contributed by atoms with Crippen LogP contribution < -0.4 is 10.5 Å². The van der Waals surface area contributed by atoms with Crippen molar-refractivity contribution in [1.82, 2.24) is 4.98 Å². The first-order valence-electron chi connectivity index (χ1n) is 6.55. The summed E-state index contributed by atoms with van der Waals surface area (Å²) in [7, 11) is 1.68. The van der Waals surface area contributed by atoms with E-state index in [1.54, 1.807) is 13.3 Å². The number of hydrogen-bond acceptors (Lipinski definition) is 3. The Balaban J connectivity index is 2.69. The maximum Gasteiger partial charge on any atom is 0.122 e. The van der Waals surface area contributed by atoms with Crippen LogP contribution >= 0.6 is 0 Å². The Kier molecular flexibility index (Phi) is 3.71. The number of nitrogens with two attached hydrogens (primary N) is 1. The molecule has 0 amide bonds. The molecule has 3 N–H and O–H groups in total. The molecule has 0 radical (unpaired) electrons. The highest BCUT2D eigenvalue weighted by Gasteiger charge is 2.16. The Bertz CT molecular complexity index is 678. The fraction of sp³-hybridized carbons (Fsp3) is 0.312. The molecule has 0 fully saturated rings. The van der Waals surface area contributed by atoms with Crippen LogP contribution in [0.5, 0.6) is 5.75 Å². The number of nitrogen functional groups attached to an aromatic ring is 1. The van der Waals surface area contributed by atoms with Crippen molar-refractivity contribution >= 4 is 5.82 Å². The predicted octanol–water partition coefficient (Wildman–Crippen LogP) is 3.58. The minimum Gasteiger partial charge on any atom is -0.496 e. The summed E-state index contributed by atoms with van der Waals surface area (Å²) in [5, 5.41) is 9.24. The molecule has 1 heterocycles. The molecule has 1 aromatic heterocycles. The molecule has 20 heavy (non-hydrogen) atoms. The van der Waals surface area contributed by atoms with E-state index in [9.17, 15) is 5.26 Å². The molecule has 0 bridgehead atoms. The van der Waals surface area contributed by atoms with Crippen molar-refractivity contribution in [2.75, 3.05) is 12.8 Å². The molecule has 4 heteroatoms. The van der Waals surface area contributed by atoms with Crippen LogP contribution in [0.2, 0.25) is 0 Å². The van der Waals surface area contributed by atoms with Crippen LogP contribution in [0.4, 0.5) is 5.82 Å². The van der Waals surface area contributed by atoms with Gasteiger partial charge in [-0.3, -0.25) is 0 Å². The molecule has 0 saturated heterocycles. The van der Waals surface area contributed by atoms with Gasteiger partial charge in [0, 0.05) is 11.8 Å². The lowest BCUT2D eigenvalue weighted by Crippen LogP contribution is -1.97. The van der Waals surface area contributed by atoms with E-state index in [4.69, 9.17) is 10.5 Å². The second-order valence-electron chi connectivity index (χ2n) is 5.17. The number of methoxy groups -OCH3 is 1. The number of aromatic amines is 1. The van der Waals surface area contributed by atoms with E-state index >= 15 is 0 Å². The third-order valence-electron chi connectivity index (χ3n) is 3.51. The molecule has 1 aromatic carbocycles. The van der Waals surface area contributed by atoms with E-state index in [1.165, 1.54) is 0 Å². The minimum atomic E-state index is 0.339. The van der Waals surface area contributed by atoms with Crippen LogP contribution in [0.15, 0.2) is 18.3 Å². The number of hydrogen-bond donors (Lipinski definition) is 2. The van der Waals surface area contributed by atoms with Crippen LogP contribution in [0, 0.1) is 18.3 Å². The van der Waals surface area contributed by atoms with Gasteiger partial charge in [-0.1, -0.05) is 13.8 Å². The van der Waals surface area contributed by atoms with Crippen LogP contribution in [0.1, 0.15) is 36.5 Å². The van der Waals surface area contributed by atoms with Gasteiger partial charge in [0.25, 0.3) is 0 Å². The van der Waals surface area contributed by atoms with Gasteiger partial charge in [-0.25, -0.2) is 0 Å². The van der Waals surface area contributed by atoms with Gasteiger partial charge < -0.3 is 15.5 Å². The van der Waals surface area contributed by atoms with Crippen molar-refractivity contribution < 1.29 is 4.74 Å². The van der Waals surface area contributed by atoms with E-state index in [-0.39, 0.29) is 0 Å². The van der Waals surface area contributed by atoms with Crippen molar-refractivity contribution in [3.8, 4) is 22.9 Å². The number of rotatable bonds is 3. The quantitative estimate of drug-likeness (QED) is 0.894. The molecule has 0 atom stereocenters. The highest BCUT2D eigenvalue weighted by molar-refractivity contribution is 5.79. The Morgan fingerprint density at radius 1 is 1.30 bits per heavy atom. The second kappa shape index (κ2) is 5.30. The normalized spacial score (nSPS) is 10.6. The summed E-state index contributed by atoms with van der Waals surface area (Å²) in [5.41, 5.74) is 10.3. The van der Waals surface area contributed by atoms with Crippen LogP contribution in [-0.4, -0.2) is 12.1 Å². The van der Waals surface area contributed by atoms with E-state index in [2.05, 4.69) is 31.0 Å². The predicted molar refractivity (Wildman–Crippen MR) is 80.7 cm³/mol. The Hall–Kier alpha value is -2.41. The summed E-state index contributed by atoms with van der Waals surface area (Å²) in [6.45, 7) is 6.24. The Morgan fingerprint density at radius 3 is 2.55 bits per heavy atom. The number of H-pyrrole nitrogens is 1. The topological polar surface area (TPSA) is 74.8 Å². The zero-order valence-corrected chi connectivity index (χ0v) is 12.2. The molecule has 0 aliphatic carbocycles. The molecule has 4 nitrogen and oxygen atoms in total. The van der Waals surface area contributed by atoms with Gasteiger partial charge in [0.15, 0.2) is 0 Å². The van der Waals surface area contributed by atoms with Crippen molar-refractivity contribution in [2.45, 2.75) is 26.7 Å². The van der Waals surface area contributed by atoms with Gasteiger partial charge in [0.1, 0.15) is 23.2 Å². The maximum atomic E-state index is 9.24. The standard InChI is InChI=1S/C16H19N3O/c1-9(2)11-6-12(10(3)5-15(11)20-4)14-8-19-16(18)13(14)7-17/h5-6,8-9,19H,18H2,1-4H3. The van der Waals surface area contributed by atoms with Gasteiger partial charge in [0.05, 0.1) is 7.11 Å². The number of aryl methyl sites for hydroxylation is 1. The van der Waals surface area contributed by atoms with Crippen molar-refractivity contribution in [2.24, 2.45) is 0 Å². The molecule has 0 saturated carbocycles. The second-order valence-corrected chi connectivity index (χ2v) is 5.17. The molecular weight excluding hydrogens is 250 g/mol. The number of anilines is 1. The lowest BCUT2D eigenvalue weighted by Gasteiger charge is -2.16. The van der Waals surface area contributed by atoms with Gasteiger partial charge in [-0.05, 0) is 41.7 Å². The van der Waals surface area contributed by atoms with E-state index in [1.807, 2.05) is 13.0 Å². The molecule has 2 rings (SSSR count). The summed E-state index contributed by atoms with van der Waals surface area (Å²) in [6, 6.07) is 6.25. The number of benzene rings is 1. The summed E-state index contributed by atoms with van der Waals surface area (Å²) in [5.74, 6) is 1.62. The molecular formula is C16H19N3O. The summed E-state index contributed by atoms with van der Waals surface area (Å²) in [4.78, 5) is 2.92. The summed E-state index contributed by atoms with van der Waals surface area (Å²) < 4.78 is 5.44. The minimum absolute atomic E-state index is 0.339. The first-order valence-corrected chi connectivity index (χ1v) is 6.55. The number of aromatic nitrogens is 1. The average molecular weight is 269 g/mol. The fourth-order valence-electron chi connectivity index (χ4n) is 2.39. The number of nitrogens with zero attached hydrogens (tertiary/aromatic N) is 1. The lowest BCUT2D eigenvalue weighted by molar-refractivity contribution is 0.407. The van der Waals surface area contributed by atoms with Crippen LogP contribution in [-0.2, 0) is 0 Å². The van der Waals surface area contributed by atoms with Gasteiger partial charge in [-0.15, -0.1) is 0 Å². The fourth-order valence-corrected chi connectivity index (χ4v) is 2.39. The first-order chi connectivity index (χ1) is 9.49. The molecule has 0 aliphatic rings. The van der Waals surface area contributed by atoms with Gasteiger partial charge >= 0.3 is 0 Å². The van der Waals surface area contributed by atoms with E-state index < -0.39 is 0 Å². The molecule has 0 unspecified atom stereocenters. The SMILES string of the molecule is COc1cc(C)c(-c2c[nH]c(N)c2C#N)cc1C(C)C. The van der Waals surface area contributed by atoms with Gasteiger partial charge in [0.2, 0.25) is 0 Å². The molecule has 104 valence electrons. The molecule has 0 aliphatic heterocycles. The Labute approximate surface area is 119 Å². The first kappa shape index (κ1) is 14.0. The third kappa shape index (κ3) is 2.23. The average Bonchev–Trinajstić information content (AvgIpc) is 2.78. The smallest absolute Gasteiger partial charge is 0.122 e. The zero-order valence-electron chi connectivity index (χ0n) is 12.2. The van der Waals surface area contributed by atoms with Crippen molar-refractivity contribution in [3.63, 3.8) is 0 Å². The van der Waals surface area contributed by atoms with Crippen LogP contribution in [0.25, 0.3) is 11.1 Å². The zero-order chi connectivity index (χ0) is 14.9. The van der Waals surface area contributed by atoms with Crippen LogP contribution in [0.3, 0.4) is 0 Å². The van der Waals surface area contributed by atoms with Gasteiger partial charge in [-0.2, -0.15) is 5.26 Å². The monoisotopic (exact) mass is 269 g/mol.